The second-order valence-corrected chi connectivity index (χ2v) is 12.0. The Labute approximate surface area is 104 Å². The number of imide groups is 1. The first-order valence-electron chi connectivity index (χ1n) is 4.40. The SMILES string of the molecule is CCC(CC(=O)NC(=O)CN)[Si](Cl)(Cl)Cl. The van der Waals surface area contributed by atoms with E-state index in [9.17, 15) is 9.59 Å². The third-order valence-electron chi connectivity index (χ3n) is 1.85. The van der Waals surface area contributed by atoms with Crippen molar-refractivity contribution in [1.29, 1.82) is 0 Å². The van der Waals surface area contributed by atoms with E-state index in [1.54, 1.807) is 0 Å². The van der Waals surface area contributed by atoms with Crippen LogP contribution in [0.3, 0.4) is 0 Å². The molecule has 0 spiro atoms. The van der Waals surface area contributed by atoms with Gasteiger partial charge in [-0.1, -0.05) is 13.3 Å². The maximum absolute atomic E-state index is 11.3. The Bertz CT molecular complexity index is 245. The monoisotopic (exact) mass is 290 g/mol. The fraction of sp³-hybridized carbons (Fsp3) is 0.714. The Morgan fingerprint density at radius 3 is 2.20 bits per heavy atom. The highest BCUT2D eigenvalue weighted by molar-refractivity contribution is 7.65. The standard InChI is InChI=1S/C7H13Cl3N2O2Si/c1-2-5(15(8,9)10)3-6(13)12-7(14)4-11/h5H,2-4,11H2,1H3,(H,12,13,14). The van der Waals surface area contributed by atoms with Crippen molar-refractivity contribution in [1.82, 2.24) is 5.32 Å². The van der Waals surface area contributed by atoms with Crippen molar-refractivity contribution in [3.63, 3.8) is 0 Å². The van der Waals surface area contributed by atoms with Crippen LogP contribution in [-0.2, 0) is 9.59 Å². The summed E-state index contributed by atoms with van der Waals surface area (Å²) in [4.78, 5) is 22.1. The maximum Gasteiger partial charge on any atom is 0.344 e. The number of hydrogen-bond donors (Lipinski definition) is 2. The third kappa shape index (κ3) is 6.37. The van der Waals surface area contributed by atoms with Crippen molar-refractivity contribution < 1.29 is 9.59 Å². The molecular weight excluding hydrogens is 279 g/mol. The van der Waals surface area contributed by atoms with Crippen molar-refractivity contribution in [2.75, 3.05) is 6.54 Å². The highest BCUT2D eigenvalue weighted by atomic mass is 35.8. The summed E-state index contributed by atoms with van der Waals surface area (Å²) >= 11 is 17.4. The first kappa shape index (κ1) is 15.2. The fourth-order valence-corrected chi connectivity index (χ4v) is 3.94. The molecule has 8 heteroatoms. The fourth-order valence-electron chi connectivity index (χ4n) is 0.973. The molecule has 4 nitrogen and oxygen atoms in total. The normalized spacial score (nSPS) is 13.4. The molecular formula is C7H13Cl3N2O2Si. The number of amides is 2. The van der Waals surface area contributed by atoms with Crippen LogP contribution in [0.25, 0.3) is 0 Å². The van der Waals surface area contributed by atoms with Gasteiger partial charge in [-0.3, -0.25) is 14.9 Å². The minimum absolute atomic E-state index is 0.0466. The molecule has 0 radical (unpaired) electrons. The van der Waals surface area contributed by atoms with Gasteiger partial charge in [0.1, 0.15) is 0 Å². The zero-order valence-electron chi connectivity index (χ0n) is 8.23. The average molecular weight is 292 g/mol. The molecule has 0 aliphatic carbocycles. The summed E-state index contributed by atoms with van der Waals surface area (Å²) in [6.45, 7) is 1.60. The molecule has 0 aliphatic heterocycles. The molecule has 0 aromatic rings. The van der Waals surface area contributed by atoms with Crippen LogP contribution in [-0.4, -0.2) is 24.4 Å². The van der Waals surface area contributed by atoms with E-state index in [2.05, 4.69) is 5.32 Å². The second-order valence-electron chi connectivity index (χ2n) is 3.03. The third-order valence-corrected chi connectivity index (χ3v) is 6.17. The molecule has 0 heterocycles. The highest BCUT2D eigenvalue weighted by Crippen LogP contribution is 2.38. The maximum atomic E-state index is 11.3. The molecule has 0 aromatic carbocycles. The van der Waals surface area contributed by atoms with Gasteiger partial charge in [-0.2, -0.15) is 0 Å². The molecule has 88 valence electrons. The van der Waals surface area contributed by atoms with Crippen LogP contribution in [0.4, 0.5) is 0 Å². The van der Waals surface area contributed by atoms with Gasteiger partial charge in [-0.25, -0.2) is 0 Å². The van der Waals surface area contributed by atoms with Crippen molar-refractivity contribution >= 4 is 51.1 Å². The van der Waals surface area contributed by atoms with Crippen LogP contribution in [0.15, 0.2) is 0 Å². The lowest BCUT2D eigenvalue weighted by Gasteiger charge is -2.19. The molecule has 0 rings (SSSR count). The van der Waals surface area contributed by atoms with E-state index in [0.717, 1.165) is 0 Å². The number of hydrogen-bond acceptors (Lipinski definition) is 3. The Kier molecular flexibility index (Phi) is 6.78. The molecule has 0 bridgehead atoms. The lowest BCUT2D eigenvalue weighted by molar-refractivity contribution is -0.129. The van der Waals surface area contributed by atoms with Crippen LogP contribution in [0, 0.1) is 0 Å². The molecule has 0 saturated heterocycles. The van der Waals surface area contributed by atoms with Gasteiger partial charge in [0.15, 0.2) is 0 Å². The first-order valence-corrected chi connectivity index (χ1v) is 9.52. The number of nitrogens with two attached hydrogens (primary N) is 1. The molecule has 2 amide bonds. The Balaban J connectivity index is 4.20. The number of carbonyl (C=O) groups is 2. The zero-order chi connectivity index (χ0) is 12.1. The average Bonchev–Trinajstić information content (AvgIpc) is 2.12. The van der Waals surface area contributed by atoms with Gasteiger partial charge in [0.2, 0.25) is 11.8 Å². The van der Waals surface area contributed by atoms with Crippen LogP contribution in [0.1, 0.15) is 19.8 Å². The van der Waals surface area contributed by atoms with Crippen LogP contribution < -0.4 is 11.1 Å². The summed E-state index contributed by atoms with van der Waals surface area (Å²) in [5.74, 6) is -0.975. The predicted octanol–water partition coefficient (Wildman–Crippen LogP) is 1.41. The Morgan fingerprint density at radius 1 is 1.33 bits per heavy atom. The van der Waals surface area contributed by atoms with Gasteiger partial charge in [0.05, 0.1) is 6.54 Å². The van der Waals surface area contributed by atoms with E-state index in [-0.39, 0.29) is 18.5 Å². The lowest BCUT2D eigenvalue weighted by atomic mass is 10.2. The smallest absolute Gasteiger partial charge is 0.322 e. The van der Waals surface area contributed by atoms with Gasteiger partial charge in [0, 0.05) is 12.0 Å². The molecule has 3 N–H and O–H groups in total. The zero-order valence-corrected chi connectivity index (χ0v) is 11.5. The molecule has 0 aliphatic rings. The number of halogens is 3. The molecule has 1 unspecified atom stereocenters. The van der Waals surface area contributed by atoms with Gasteiger partial charge >= 0.3 is 6.00 Å². The van der Waals surface area contributed by atoms with Gasteiger partial charge < -0.3 is 5.73 Å². The summed E-state index contributed by atoms with van der Waals surface area (Å²) in [7, 11) is 0. The van der Waals surface area contributed by atoms with Crippen molar-refractivity contribution in [2.24, 2.45) is 5.73 Å². The van der Waals surface area contributed by atoms with E-state index < -0.39 is 17.8 Å². The quantitative estimate of drug-likeness (QED) is 0.594. The summed E-state index contributed by atoms with van der Waals surface area (Å²) in [6.07, 6.45) is 0.637. The molecule has 15 heavy (non-hydrogen) atoms. The molecule has 0 aromatic heterocycles. The van der Waals surface area contributed by atoms with Gasteiger partial charge in [-0.05, 0) is 0 Å². The van der Waals surface area contributed by atoms with E-state index in [1.807, 2.05) is 6.92 Å². The second kappa shape index (κ2) is 6.70. The van der Waals surface area contributed by atoms with E-state index in [0.29, 0.717) is 6.42 Å². The topological polar surface area (TPSA) is 72.2 Å². The van der Waals surface area contributed by atoms with Crippen LogP contribution >= 0.6 is 33.2 Å². The minimum atomic E-state index is -2.90. The van der Waals surface area contributed by atoms with E-state index in [1.165, 1.54) is 0 Å². The number of nitrogens with one attached hydrogen (secondary N) is 1. The summed E-state index contributed by atoms with van der Waals surface area (Å²) in [6, 6.07) is -2.90. The van der Waals surface area contributed by atoms with E-state index >= 15 is 0 Å². The largest absolute Gasteiger partial charge is 0.344 e. The van der Waals surface area contributed by atoms with Crippen molar-refractivity contribution in [3.05, 3.63) is 0 Å². The Hall–Kier alpha value is 0.187. The molecule has 0 saturated carbocycles. The number of carbonyl (C=O) groups excluding carboxylic acids is 2. The molecule has 0 fully saturated rings. The lowest BCUT2D eigenvalue weighted by Crippen LogP contribution is -2.37. The minimum Gasteiger partial charge on any atom is -0.322 e. The molecule has 1 atom stereocenters. The van der Waals surface area contributed by atoms with Crippen LogP contribution in [0.2, 0.25) is 5.54 Å². The Morgan fingerprint density at radius 2 is 1.87 bits per heavy atom. The first-order chi connectivity index (χ1) is 6.81. The summed E-state index contributed by atoms with van der Waals surface area (Å²) in [5, 5.41) is 2.11. The summed E-state index contributed by atoms with van der Waals surface area (Å²) < 4.78 is 0. The van der Waals surface area contributed by atoms with Crippen LogP contribution in [0.5, 0.6) is 0 Å². The van der Waals surface area contributed by atoms with E-state index in [4.69, 9.17) is 39.0 Å². The highest BCUT2D eigenvalue weighted by Gasteiger charge is 2.36. The van der Waals surface area contributed by atoms with Gasteiger partial charge in [-0.15, -0.1) is 33.2 Å². The number of rotatable bonds is 5. The van der Waals surface area contributed by atoms with Crippen molar-refractivity contribution in [3.8, 4) is 0 Å². The van der Waals surface area contributed by atoms with Crippen molar-refractivity contribution in [2.45, 2.75) is 25.3 Å². The van der Waals surface area contributed by atoms with Gasteiger partial charge in [0.25, 0.3) is 0 Å². The summed E-state index contributed by atoms with van der Waals surface area (Å²) in [5.41, 5.74) is 4.75. The predicted molar refractivity (Wildman–Crippen MR) is 64.2 cm³/mol.